The van der Waals surface area contributed by atoms with Gasteiger partial charge in [0.25, 0.3) is 5.91 Å². The molecule has 0 unspecified atom stereocenters. The number of benzene rings is 2. The van der Waals surface area contributed by atoms with Crippen molar-refractivity contribution in [2.75, 3.05) is 19.5 Å². The van der Waals surface area contributed by atoms with Crippen molar-refractivity contribution in [3.05, 3.63) is 53.6 Å². The smallest absolute Gasteiger partial charge is 0.256 e. The molecule has 1 aliphatic heterocycles. The molecule has 0 fully saturated rings. The maximum atomic E-state index is 12.1. The summed E-state index contributed by atoms with van der Waals surface area (Å²) in [5.41, 5.74) is 3.21. The molecule has 4 heteroatoms. The first kappa shape index (κ1) is 13.2. The summed E-state index contributed by atoms with van der Waals surface area (Å²) >= 11 is 0. The van der Waals surface area contributed by atoms with E-state index in [1.807, 2.05) is 48.5 Å². The number of anilines is 1. The SMILES string of the molecule is COc1cccc(/C=C2/C(=O)Nc3cc(OC)ccc32)c1. The summed E-state index contributed by atoms with van der Waals surface area (Å²) in [7, 11) is 3.22. The van der Waals surface area contributed by atoms with Gasteiger partial charge < -0.3 is 14.8 Å². The van der Waals surface area contributed by atoms with Crippen molar-refractivity contribution in [3.63, 3.8) is 0 Å². The molecule has 4 nitrogen and oxygen atoms in total. The number of carbonyl (C=O) groups is 1. The van der Waals surface area contributed by atoms with Crippen molar-refractivity contribution >= 4 is 23.2 Å². The highest BCUT2D eigenvalue weighted by atomic mass is 16.5. The fourth-order valence-electron chi connectivity index (χ4n) is 2.34. The van der Waals surface area contributed by atoms with Gasteiger partial charge in [0.05, 0.1) is 19.9 Å². The molecular weight excluding hydrogens is 266 g/mol. The Hall–Kier alpha value is -2.75. The number of rotatable bonds is 3. The van der Waals surface area contributed by atoms with Crippen molar-refractivity contribution in [2.45, 2.75) is 0 Å². The largest absolute Gasteiger partial charge is 0.497 e. The lowest BCUT2D eigenvalue weighted by atomic mass is 10.0. The van der Waals surface area contributed by atoms with Crippen LogP contribution in [-0.4, -0.2) is 20.1 Å². The minimum absolute atomic E-state index is 0.110. The van der Waals surface area contributed by atoms with E-state index in [9.17, 15) is 4.79 Å². The predicted molar refractivity (Wildman–Crippen MR) is 82.5 cm³/mol. The molecule has 2 aromatic rings. The number of ether oxygens (including phenoxy) is 2. The van der Waals surface area contributed by atoms with Crippen LogP contribution in [-0.2, 0) is 4.79 Å². The predicted octanol–water partition coefficient (Wildman–Crippen LogP) is 3.20. The van der Waals surface area contributed by atoms with Gasteiger partial charge in [-0.05, 0) is 35.9 Å². The number of fused-ring (bicyclic) bond motifs is 1. The van der Waals surface area contributed by atoms with Crippen molar-refractivity contribution in [1.82, 2.24) is 0 Å². The van der Waals surface area contributed by atoms with Gasteiger partial charge >= 0.3 is 0 Å². The molecule has 21 heavy (non-hydrogen) atoms. The second kappa shape index (κ2) is 5.32. The topological polar surface area (TPSA) is 47.6 Å². The van der Waals surface area contributed by atoms with E-state index in [1.54, 1.807) is 14.2 Å². The van der Waals surface area contributed by atoms with Gasteiger partial charge in [0, 0.05) is 17.2 Å². The maximum Gasteiger partial charge on any atom is 0.256 e. The van der Waals surface area contributed by atoms with Crippen LogP contribution in [0.5, 0.6) is 11.5 Å². The number of carbonyl (C=O) groups excluding carboxylic acids is 1. The Kier molecular flexibility index (Phi) is 3.36. The molecule has 0 saturated carbocycles. The molecule has 2 aromatic carbocycles. The van der Waals surface area contributed by atoms with Crippen LogP contribution in [0.1, 0.15) is 11.1 Å². The normalized spacial score (nSPS) is 14.8. The zero-order valence-electron chi connectivity index (χ0n) is 11.8. The first-order valence-corrected chi connectivity index (χ1v) is 6.57. The summed E-state index contributed by atoms with van der Waals surface area (Å²) in [6, 6.07) is 13.1. The van der Waals surface area contributed by atoms with E-state index in [-0.39, 0.29) is 5.91 Å². The summed E-state index contributed by atoms with van der Waals surface area (Å²) in [5, 5.41) is 2.85. The van der Waals surface area contributed by atoms with E-state index in [0.717, 1.165) is 28.3 Å². The van der Waals surface area contributed by atoms with Crippen LogP contribution in [0.4, 0.5) is 5.69 Å². The van der Waals surface area contributed by atoms with E-state index in [1.165, 1.54) is 0 Å². The second-order valence-electron chi connectivity index (χ2n) is 4.70. The number of hydrogen-bond donors (Lipinski definition) is 1. The Labute approximate surface area is 123 Å². The van der Waals surface area contributed by atoms with Gasteiger partial charge in [0.1, 0.15) is 11.5 Å². The molecule has 0 radical (unpaired) electrons. The molecule has 3 rings (SSSR count). The Morgan fingerprint density at radius 1 is 1.00 bits per heavy atom. The van der Waals surface area contributed by atoms with Gasteiger partial charge in [-0.1, -0.05) is 12.1 Å². The van der Waals surface area contributed by atoms with Gasteiger partial charge in [0.2, 0.25) is 0 Å². The van der Waals surface area contributed by atoms with Gasteiger partial charge in [0.15, 0.2) is 0 Å². The monoisotopic (exact) mass is 281 g/mol. The first-order valence-electron chi connectivity index (χ1n) is 6.57. The third kappa shape index (κ3) is 2.48. The molecule has 1 N–H and O–H groups in total. The summed E-state index contributed by atoms with van der Waals surface area (Å²) in [6.45, 7) is 0. The Morgan fingerprint density at radius 2 is 1.76 bits per heavy atom. The number of amides is 1. The molecule has 0 atom stereocenters. The van der Waals surface area contributed by atoms with Gasteiger partial charge in [-0.3, -0.25) is 4.79 Å². The number of hydrogen-bond acceptors (Lipinski definition) is 3. The first-order chi connectivity index (χ1) is 10.2. The number of nitrogens with one attached hydrogen (secondary N) is 1. The molecule has 1 aliphatic rings. The molecule has 0 bridgehead atoms. The van der Waals surface area contributed by atoms with E-state index >= 15 is 0 Å². The zero-order chi connectivity index (χ0) is 14.8. The fraction of sp³-hybridized carbons (Fsp3) is 0.118. The molecule has 0 saturated heterocycles. The third-order valence-electron chi connectivity index (χ3n) is 3.41. The highest BCUT2D eigenvalue weighted by molar-refractivity contribution is 6.35. The van der Waals surface area contributed by atoms with E-state index in [2.05, 4.69) is 5.32 Å². The van der Waals surface area contributed by atoms with Crippen LogP contribution in [0.3, 0.4) is 0 Å². The summed E-state index contributed by atoms with van der Waals surface area (Å²) < 4.78 is 10.4. The molecule has 1 heterocycles. The van der Waals surface area contributed by atoms with Crippen LogP contribution in [0.25, 0.3) is 11.6 Å². The number of methoxy groups -OCH3 is 2. The van der Waals surface area contributed by atoms with Crippen molar-refractivity contribution in [3.8, 4) is 11.5 Å². The molecule has 0 spiro atoms. The highest BCUT2D eigenvalue weighted by Crippen LogP contribution is 2.35. The third-order valence-corrected chi connectivity index (χ3v) is 3.41. The van der Waals surface area contributed by atoms with Gasteiger partial charge in [-0.2, -0.15) is 0 Å². The van der Waals surface area contributed by atoms with Crippen molar-refractivity contribution in [1.29, 1.82) is 0 Å². The lowest BCUT2D eigenvalue weighted by Gasteiger charge is -2.03. The molecule has 0 aliphatic carbocycles. The quantitative estimate of drug-likeness (QED) is 0.879. The average Bonchev–Trinajstić information content (AvgIpc) is 2.82. The Balaban J connectivity index is 2.03. The van der Waals surface area contributed by atoms with Crippen LogP contribution in [0, 0.1) is 0 Å². The highest BCUT2D eigenvalue weighted by Gasteiger charge is 2.24. The fourth-order valence-corrected chi connectivity index (χ4v) is 2.34. The lowest BCUT2D eigenvalue weighted by molar-refractivity contribution is -0.110. The standard InChI is InChI=1S/C17H15NO3/c1-20-12-5-3-4-11(8-12)9-15-14-7-6-13(21-2)10-16(14)18-17(15)19/h3-10H,1-2H3,(H,18,19)/b15-9+. The van der Waals surface area contributed by atoms with Crippen LogP contribution in [0.2, 0.25) is 0 Å². The molecule has 1 amide bonds. The Bertz CT molecular complexity index is 735. The van der Waals surface area contributed by atoms with Crippen LogP contribution >= 0.6 is 0 Å². The summed E-state index contributed by atoms with van der Waals surface area (Å²) in [6.07, 6.45) is 1.86. The van der Waals surface area contributed by atoms with E-state index in [4.69, 9.17) is 9.47 Å². The van der Waals surface area contributed by atoms with Gasteiger partial charge in [-0.25, -0.2) is 0 Å². The lowest BCUT2D eigenvalue weighted by Crippen LogP contribution is -2.03. The van der Waals surface area contributed by atoms with E-state index < -0.39 is 0 Å². The molecular formula is C17H15NO3. The Morgan fingerprint density at radius 3 is 2.52 bits per heavy atom. The molecule has 106 valence electrons. The summed E-state index contributed by atoms with van der Waals surface area (Å²) in [4.78, 5) is 12.1. The summed E-state index contributed by atoms with van der Waals surface area (Å²) in [5.74, 6) is 1.37. The van der Waals surface area contributed by atoms with Gasteiger partial charge in [-0.15, -0.1) is 0 Å². The molecule has 0 aromatic heterocycles. The van der Waals surface area contributed by atoms with Crippen molar-refractivity contribution < 1.29 is 14.3 Å². The minimum atomic E-state index is -0.110. The van der Waals surface area contributed by atoms with Crippen molar-refractivity contribution in [2.24, 2.45) is 0 Å². The average molecular weight is 281 g/mol. The zero-order valence-corrected chi connectivity index (χ0v) is 11.8. The van der Waals surface area contributed by atoms with Crippen LogP contribution < -0.4 is 14.8 Å². The maximum absolute atomic E-state index is 12.1. The van der Waals surface area contributed by atoms with Crippen LogP contribution in [0.15, 0.2) is 42.5 Å². The minimum Gasteiger partial charge on any atom is -0.497 e. The second-order valence-corrected chi connectivity index (χ2v) is 4.70. The van der Waals surface area contributed by atoms with E-state index in [0.29, 0.717) is 5.57 Å².